The van der Waals surface area contributed by atoms with Crippen molar-refractivity contribution in [3.05, 3.63) is 24.3 Å². The Morgan fingerprint density at radius 3 is 0.755 bits per heavy atom. The molecule has 21 heteroatoms. The molecule has 0 aromatic rings. The lowest BCUT2D eigenvalue weighted by Gasteiger charge is -2.48. The standard InChI is InChI=1S/C28H68O12Si9/c1-25(2)27(29)31-23-47(33-41(5,6)7,34-42(8,9)10)39-49(37-45(17,18)19,38-46(20,21)22)40-48(35-43(11,12)13,36-44(14,15)16)24-32-28(30)26(3)4/h1,3,23-24H2,2,4-22H3. The minimum atomic E-state index is -4.53. The molecule has 288 valence electrons. The van der Waals surface area contributed by atoms with Crippen molar-refractivity contribution in [2.24, 2.45) is 0 Å². The van der Waals surface area contributed by atoms with E-state index in [1.807, 2.05) is 118 Å². The lowest BCUT2D eigenvalue weighted by molar-refractivity contribution is -0.138. The number of hydrogen-bond donors (Lipinski definition) is 0. The van der Waals surface area contributed by atoms with Crippen LogP contribution in [0.25, 0.3) is 0 Å². The van der Waals surface area contributed by atoms with E-state index in [4.69, 9.17) is 42.4 Å². The third kappa shape index (κ3) is 22.0. The summed E-state index contributed by atoms with van der Waals surface area (Å²) in [6.45, 7) is 46.8. The molecule has 0 fully saturated rings. The summed E-state index contributed by atoms with van der Waals surface area (Å²) in [6, 6.07) is 0. The van der Waals surface area contributed by atoms with Crippen LogP contribution in [0.4, 0.5) is 0 Å². The van der Waals surface area contributed by atoms with Gasteiger partial charge < -0.3 is 42.4 Å². The first kappa shape index (κ1) is 49.1. The van der Waals surface area contributed by atoms with Gasteiger partial charge in [-0.3, -0.25) is 0 Å². The van der Waals surface area contributed by atoms with Gasteiger partial charge in [-0.05, 0) is 132 Å². The molecule has 0 amide bonds. The summed E-state index contributed by atoms with van der Waals surface area (Å²) in [7, 11) is -28.0. The molecule has 0 saturated heterocycles. The maximum Gasteiger partial charge on any atom is 0.643 e. The molecule has 0 unspecified atom stereocenters. The molecule has 49 heavy (non-hydrogen) atoms. The number of rotatable bonds is 22. The molecule has 0 rings (SSSR count). The van der Waals surface area contributed by atoms with Crippen LogP contribution in [0.5, 0.6) is 0 Å². The monoisotopic (exact) mass is 848 g/mol. The molecular formula is C28H68O12Si9. The molecule has 12 nitrogen and oxygen atoms in total. The average Bonchev–Trinajstić information content (AvgIpc) is 2.73. The maximum absolute atomic E-state index is 12.9. The van der Waals surface area contributed by atoms with E-state index in [2.05, 4.69) is 13.2 Å². The van der Waals surface area contributed by atoms with Gasteiger partial charge in [0.1, 0.15) is 0 Å². The molecule has 0 spiro atoms. The van der Waals surface area contributed by atoms with Crippen LogP contribution in [0, 0.1) is 0 Å². The molecule has 0 aliphatic heterocycles. The highest BCUT2D eigenvalue weighted by molar-refractivity contribution is 6.95. The normalized spacial score (nSPS) is 14.4. The number of hydrogen-bond acceptors (Lipinski definition) is 12. The van der Waals surface area contributed by atoms with Crippen LogP contribution in [-0.4, -0.2) is 101 Å². The van der Waals surface area contributed by atoms with Gasteiger partial charge in [-0.1, -0.05) is 13.2 Å². The van der Waals surface area contributed by atoms with Gasteiger partial charge in [0, 0.05) is 11.1 Å². The first-order valence-corrected chi connectivity index (χ1v) is 42.5. The van der Waals surface area contributed by atoms with Crippen LogP contribution in [-0.2, 0) is 52.0 Å². The molecule has 0 bridgehead atoms. The fourth-order valence-corrected chi connectivity index (χ4v) is 36.5. The lowest BCUT2D eigenvalue weighted by atomic mass is 10.4. The summed E-state index contributed by atoms with van der Waals surface area (Å²) < 4.78 is 67.8. The van der Waals surface area contributed by atoms with E-state index in [9.17, 15) is 9.59 Å². The van der Waals surface area contributed by atoms with Crippen LogP contribution >= 0.6 is 0 Å². The van der Waals surface area contributed by atoms with Crippen LogP contribution in [0.2, 0.25) is 118 Å². The summed E-state index contributed by atoms with van der Waals surface area (Å²) in [5.41, 5.74) is 0.441. The van der Waals surface area contributed by atoms with Crippen LogP contribution in [0.3, 0.4) is 0 Å². The van der Waals surface area contributed by atoms with Gasteiger partial charge in [0.15, 0.2) is 62.4 Å². The second-order valence-electron chi connectivity index (χ2n) is 18.1. The predicted molar refractivity (Wildman–Crippen MR) is 218 cm³/mol. The van der Waals surface area contributed by atoms with Crippen molar-refractivity contribution in [1.29, 1.82) is 0 Å². The van der Waals surface area contributed by atoms with Gasteiger partial charge in [0.2, 0.25) is 0 Å². The third-order valence-corrected chi connectivity index (χ3v) is 31.9. The molecule has 0 heterocycles. The third-order valence-electron chi connectivity index (χ3n) is 4.73. The fourth-order valence-electron chi connectivity index (χ4n) is 3.98. The Labute approximate surface area is 307 Å². The van der Waals surface area contributed by atoms with E-state index in [1.54, 1.807) is 13.8 Å². The van der Waals surface area contributed by atoms with Gasteiger partial charge >= 0.3 is 38.6 Å². The zero-order valence-corrected chi connectivity index (χ0v) is 43.2. The highest BCUT2D eigenvalue weighted by atomic mass is 28.6. The van der Waals surface area contributed by atoms with Crippen molar-refractivity contribution in [3.63, 3.8) is 0 Å². The zero-order chi connectivity index (χ0) is 39.3. The minimum Gasteiger partial charge on any atom is -0.458 e. The topological polar surface area (TPSA) is 126 Å². The quantitative estimate of drug-likeness (QED) is 0.0601. The van der Waals surface area contributed by atoms with E-state index >= 15 is 0 Å². The second-order valence-corrected chi connectivity index (χ2v) is 54.3. The van der Waals surface area contributed by atoms with Crippen LogP contribution in [0.15, 0.2) is 24.3 Å². The summed E-state index contributed by atoms with van der Waals surface area (Å²) in [6.07, 6.45) is -0.642. The lowest BCUT2D eigenvalue weighted by Crippen LogP contribution is -2.74. The Kier molecular flexibility index (Phi) is 17.5. The summed E-state index contributed by atoms with van der Waals surface area (Å²) >= 11 is 0. The molecule has 0 radical (unpaired) electrons. The Morgan fingerprint density at radius 1 is 0.388 bits per heavy atom. The number of carbonyl (C=O) groups is 2. The predicted octanol–water partition coefficient (Wildman–Crippen LogP) is 7.76. The molecule has 0 aliphatic carbocycles. The van der Waals surface area contributed by atoms with E-state index in [1.165, 1.54) is 0 Å². The highest BCUT2D eigenvalue weighted by Gasteiger charge is 2.67. The summed E-state index contributed by atoms with van der Waals surface area (Å²) in [4.78, 5) is 25.8. The van der Waals surface area contributed by atoms with Gasteiger partial charge in [-0.2, -0.15) is 0 Å². The first-order valence-electron chi connectivity index (χ1n) is 16.6. The van der Waals surface area contributed by atoms with E-state index in [-0.39, 0.29) is 23.6 Å². The zero-order valence-electron chi connectivity index (χ0n) is 34.2. The molecule has 0 atom stereocenters. The largest absolute Gasteiger partial charge is 0.643 e. The Morgan fingerprint density at radius 2 is 0.592 bits per heavy atom. The molecule has 0 aromatic heterocycles. The molecule has 0 saturated carbocycles. The summed E-state index contributed by atoms with van der Waals surface area (Å²) in [5, 5.41) is 0. The second kappa shape index (κ2) is 17.5. The Balaban J connectivity index is 8.22. The van der Waals surface area contributed by atoms with E-state index in [0.29, 0.717) is 0 Å². The van der Waals surface area contributed by atoms with Crippen molar-refractivity contribution in [3.8, 4) is 0 Å². The number of carbonyl (C=O) groups excluding carboxylic acids is 2. The van der Waals surface area contributed by atoms with Gasteiger partial charge in [-0.25, -0.2) is 9.59 Å². The SMILES string of the molecule is C=C(C)C(=O)OC[Si](O[Si](C)(C)C)(O[Si](C)(C)C)O[Si](O[Si](C)(C)C)(O[Si](C)(C)C)O[Si](COC(=O)C(=C)C)(O[Si](C)(C)C)O[Si](C)(C)C. The molecule has 0 aromatic carbocycles. The maximum atomic E-state index is 12.9. The molecular weight excluding hydrogens is 781 g/mol. The molecule has 0 aliphatic rings. The van der Waals surface area contributed by atoms with Crippen molar-refractivity contribution >= 4 is 88.5 Å². The van der Waals surface area contributed by atoms with Crippen LogP contribution in [0.1, 0.15) is 13.8 Å². The average molecular weight is 850 g/mol. The summed E-state index contributed by atoms with van der Waals surface area (Å²) in [5.74, 6) is -1.22. The van der Waals surface area contributed by atoms with Crippen molar-refractivity contribution < 1.29 is 52.0 Å². The van der Waals surface area contributed by atoms with Crippen molar-refractivity contribution in [2.75, 3.05) is 12.5 Å². The fraction of sp³-hybridized carbons (Fsp3) is 0.786. The molecule has 0 N–H and O–H groups in total. The number of ether oxygens (including phenoxy) is 2. The van der Waals surface area contributed by atoms with E-state index in [0.717, 1.165) is 0 Å². The van der Waals surface area contributed by atoms with Crippen molar-refractivity contribution in [2.45, 2.75) is 132 Å². The smallest absolute Gasteiger partial charge is 0.458 e. The first-order chi connectivity index (χ1) is 21.3. The Hall–Kier alpha value is 0.0519. The van der Waals surface area contributed by atoms with Crippen LogP contribution < -0.4 is 0 Å². The number of esters is 2. The van der Waals surface area contributed by atoms with Gasteiger partial charge in [-0.15, -0.1) is 0 Å². The van der Waals surface area contributed by atoms with Gasteiger partial charge in [0.05, 0.1) is 0 Å². The minimum absolute atomic E-state index is 0.221. The van der Waals surface area contributed by atoms with Crippen molar-refractivity contribution in [1.82, 2.24) is 0 Å². The Bertz CT molecular complexity index is 1040. The van der Waals surface area contributed by atoms with E-state index < -0.39 is 88.5 Å². The highest BCUT2D eigenvalue weighted by Crippen LogP contribution is 2.36. The van der Waals surface area contributed by atoms with Gasteiger partial charge in [0.25, 0.3) is 0 Å².